The Morgan fingerprint density at radius 2 is 1.52 bits per heavy atom. The van der Waals surface area contributed by atoms with Gasteiger partial charge in [0, 0.05) is 5.41 Å². The van der Waals surface area contributed by atoms with Gasteiger partial charge in [0.05, 0.1) is 12.2 Å². The average molecular weight is 359 g/mol. The molecule has 0 amide bonds. The van der Waals surface area contributed by atoms with Gasteiger partial charge < -0.3 is 14.2 Å². The minimum absolute atomic E-state index is 0.112. The first-order valence-corrected chi connectivity index (χ1v) is 10.1. The van der Waals surface area contributed by atoms with Gasteiger partial charge in [-0.2, -0.15) is 0 Å². The third kappa shape index (κ3) is 7.55. The third-order valence-electron chi connectivity index (χ3n) is 5.81. The van der Waals surface area contributed by atoms with Crippen LogP contribution in [-0.4, -0.2) is 30.1 Å². The van der Waals surface area contributed by atoms with Crippen LogP contribution < -0.4 is 0 Å². The van der Waals surface area contributed by atoms with Crippen molar-refractivity contribution >= 4 is 6.16 Å². The van der Waals surface area contributed by atoms with E-state index in [0.29, 0.717) is 0 Å². The minimum Gasteiger partial charge on any atom is -0.431 e. The molecule has 0 aliphatic heterocycles. The first kappa shape index (κ1) is 24.2. The molecule has 25 heavy (non-hydrogen) atoms. The molecule has 5 unspecified atom stereocenters. The Morgan fingerprint density at radius 1 is 0.920 bits per heavy atom. The molecule has 0 fully saturated rings. The topological polar surface area (TPSA) is 44.8 Å². The molecule has 0 aliphatic rings. The highest BCUT2D eigenvalue weighted by Crippen LogP contribution is 2.44. The van der Waals surface area contributed by atoms with Crippen molar-refractivity contribution in [1.29, 1.82) is 0 Å². The maximum atomic E-state index is 12.3. The first-order valence-electron chi connectivity index (χ1n) is 10.1. The molecular formula is C21H42O4. The summed E-state index contributed by atoms with van der Waals surface area (Å²) >= 11 is 0. The fourth-order valence-corrected chi connectivity index (χ4v) is 3.37. The Balaban J connectivity index is 5.08. The predicted molar refractivity (Wildman–Crippen MR) is 104 cm³/mol. The maximum Gasteiger partial charge on any atom is 0.509 e. The van der Waals surface area contributed by atoms with E-state index in [4.69, 9.17) is 14.2 Å². The number of ether oxygens (including phenoxy) is 3. The third-order valence-corrected chi connectivity index (χ3v) is 5.81. The summed E-state index contributed by atoms with van der Waals surface area (Å²) in [4.78, 5) is 12.3. The lowest BCUT2D eigenvalue weighted by atomic mass is 9.67. The molecular weight excluding hydrogens is 316 g/mol. The van der Waals surface area contributed by atoms with Crippen molar-refractivity contribution in [3.8, 4) is 0 Å². The molecule has 0 radical (unpaired) electrons. The van der Waals surface area contributed by atoms with Gasteiger partial charge >= 0.3 is 6.16 Å². The zero-order valence-corrected chi connectivity index (χ0v) is 18.1. The van der Waals surface area contributed by atoms with Gasteiger partial charge in [0.1, 0.15) is 11.7 Å². The van der Waals surface area contributed by atoms with E-state index >= 15 is 0 Å². The number of carbonyl (C=O) groups excluding carboxylic acids is 1. The minimum atomic E-state index is -0.585. The molecule has 0 aromatic carbocycles. The molecule has 0 N–H and O–H groups in total. The van der Waals surface area contributed by atoms with Gasteiger partial charge in [-0.25, -0.2) is 4.79 Å². The zero-order valence-electron chi connectivity index (χ0n) is 18.1. The van der Waals surface area contributed by atoms with Crippen LogP contribution in [0, 0.1) is 5.41 Å². The lowest BCUT2D eigenvalue weighted by Crippen LogP contribution is -2.49. The molecule has 5 atom stereocenters. The van der Waals surface area contributed by atoms with Crippen molar-refractivity contribution < 1.29 is 19.0 Å². The van der Waals surface area contributed by atoms with Crippen LogP contribution in [-0.2, 0) is 14.2 Å². The van der Waals surface area contributed by atoms with Crippen molar-refractivity contribution in [2.75, 3.05) is 0 Å². The molecule has 0 spiro atoms. The van der Waals surface area contributed by atoms with Crippen molar-refractivity contribution in [2.24, 2.45) is 5.41 Å². The highest BCUT2D eigenvalue weighted by molar-refractivity contribution is 5.61. The normalized spacial score (nSPS) is 20.0. The van der Waals surface area contributed by atoms with Crippen LogP contribution in [0.2, 0.25) is 0 Å². The predicted octanol–water partition coefficient (Wildman–Crippen LogP) is 6.51. The van der Waals surface area contributed by atoms with E-state index in [-0.39, 0.29) is 23.7 Å². The lowest BCUT2D eigenvalue weighted by molar-refractivity contribution is -0.127. The second-order valence-corrected chi connectivity index (χ2v) is 7.94. The summed E-state index contributed by atoms with van der Waals surface area (Å²) in [5.74, 6) is 0. The van der Waals surface area contributed by atoms with E-state index in [1.807, 2.05) is 13.8 Å². The molecule has 150 valence electrons. The molecule has 0 heterocycles. The van der Waals surface area contributed by atoms with E-state index in [1.165, 1.54) is 0 Å². The van der Waals surface area contributed by atoms with Crippen LogP contribution in [0.25, 0.3) is 0 Å². The van der Waals surface area contributed by atoms with Gasteiger partial charge in [-0.1, -0.05) is 41.0 Å². The summed E-state index contributed by atoms with van der Waals surface area (Å²) in [5, 5.41) is 0. The molecule has 0 aliphatic carbocycles. The van der Waals surface area contributed by atoms with Crippen LogP contribution in [0.4, 0.5) is 4.79 Å². The molecule has 0 saturated carbocycles. The van der Waals surface area contributed by atoms with Gasteiger partial charge in [-0.15, -0.1) is 0 Å². The van der Waals surface area contributed by atoms with Crippen LogP contribution in [0.3, 0.4) is 0 Å². The smallest absolute Gasteiger partial charge is 0.431 e. The lowest BCUT2D eigenvalue weighted by Gasteiger charge is -2.46. The van der Waals surface area contributed by atoms with E-state index in [2.05, 4.69) is 48.5 Å². The fraction of sp³-hybridized carbons (Fsp3) is 0.952. The van der Waals surface area contributed by atoms with Gasteiger partial charge in [-0.3, -0.25) is 0 Å². The highest BCUT2D eigenvalue weighted by Gasteiger charge is 2.46. The Bertz CT molecular complexity index is 384. The number of carbonyl (C=O) groups is 1. The van der Waals surface area contributed by atoms with E-state index < -0.39 is 11.8 Å². The molecule has 0 saturated heterocycles. The second kappa shape index (κ2) is 11.1. The van der Waals surface area contributed by atoms with Crippen molar-refractivity contribution in [3.63, 3.8) is 0 Å². The van der Waals surface area contributed by atoms with Gasteiger partial charge in [0.2, 0.25) is 0 Å². The standard InChI is InChI=1S/C21H42O4/c1-10-14-17(6)24-19(22)25-21(9,13-4)20(8,12-3)15-18(7)23-16(5)11-2/h16-18H,10-15H2,1-9H3. The number of hydrogen-bond donors (Lipinski definition) is 0. The van der Waals surface area contributed by atoms with E-state index in [9.17, 15) is 4.79 Å². The molecule has 0 aromatic rings. The summed E-state index contributed by atoms with van der Waals surface area (Å²) in [6, 6.07) is 0. The first-order chi connectivity index (χ1) is 11.6. The summed E-state index contributed by atoms with van der Waals surface area (Å²) in [7, 11) is 0. The molecule has 4 heteroatoms. The second-order valence-electron chi connectivity index (χ2n) is 7.94. The van der Waals surface area contributed by atoms with Crippen molar-refractivity contribution in [3.05, 3.63) is 0 Å². The zero-order chi connectivity index (χ0) is 19.7. The Labute approximate surface area is 156 Å². The van der Waals surface area contributed by atoms with Crippen molar-refractivity contribution in [1.82, 2.24) is 0 Å². The van der Waals surface area contributed by atoms with E-state index in [0.717, 1.165) is 38.5 Å². The Kier molecular flexibility index (Phi) is 10.7. The summed E-state index contributed by atoms with van der Waals surface area (Å²) in [6.45, 7) is 18.8. The summed E-state index contributed by atoms with van der Waals surface area (Å²) < 4.78 is 17.4. The van der Waals surface area contributed by atoms with Crippen LogP contribution >= 0.6 is 0 Å². The fourth-order valence-electron chi connectivity index (χ4n) is 3.37. The number of hydrogen-bond acceptors (Lipinski definition) is 4. The highest BCUT2D eigenvalue weighted by atomic mass is 16.7. The van der Waals surface area contributed by atoms with Crippen LogP contribution in [0.5, 0.6) is 0 Å². The van der Waals surface area contributed by atoms with Gasteiger partial charge in [0.25, 0.3) is 0 Å². The van der Waals surface area contributed by atoms with Gasteiger partial charge in [0.15, 0.2) is 0 Å². The molecule has 0 rings (SSSR count). The average Bonchev–Trinajstić information content (AvgIpc) is 2.53. The van der Waals surface area contributed by atoms with E-state index in [1.54, 1.807) is 0 Å². The van der Waals surface area contributed by atoms with Crippen molar-refractivity contribution in [2.45, 2.75) is 125 Å². The van der Waals surface area contributed by atoms with Gasteiger partial charge in [-0.05, 0) is 59.8 Å². The SMILES string of the molecule is CCCC(C)OC(=O)OC(C)(CC)C(C)(CC)CC(C)OC(C)CC. The van der Waals surface area contributed by atoms with Crippen LogP contribution in [0.1, 0.15) is 101 Å². The summed E-state index contributed by atoms with van der Waals surface area (Å²) in [5.41, 5.74) is -0.764. The number of rotatable bonds is 12. The molecule has 4 nitrogen and oxygen atoms in total. The van der Waals surface area contributed by atoms with Crippen LogP contribution in [0.15, 0.2) is 0 Å². The quantitative estimate of drug-likeness (QED) is 0.373. The summed E-state index contributed by atoms with van der Waals surface area (Å²) in [6.07, 6.45) is 5.01. The maximum absolute atomic E-state index is 12.3. The monoisotopic (exact) mass is 358 g/mol. The largest absolute Gasteiger partial charge is 0.509 e. The molecule has 0 aromatic heterocycles. The Morgan fingerprint density at radius 3 is 1.96 bits per heavy atom. The Hall–Kier alpha value is -0.770. The molecule has 0 bridgehead atoms.